The van der Waals surface area contributed by atoms with Gasteiger partial charge in [-0.2, -0.15) is 0 Å². The van der Waals surface area contributed by atoms with Gasteiger partial charge in [0.25, 0.3) is 0 Å². The highest BCUT2D eigenvalue weighted by Crippen LogP contribution is 2.20. The first-order valence-electron chi connectivity index (χ1n) is 4.91. The van der Waals surface area contributed by atoms with Gasteiger partial charge in [-0.25, -0.2) is 0 Å². The molecule has 0 fully saturated rings. The Kier molecular flexibility index (Phi) is 5.72. The number of oxime groups is 1. The van der Waals surface area contributed by atoms with Crippen LogP contribution in [0.4, 0.5) is 0 Å². The summed E-state index contributed by atoms with van der Waals surface area (Å²) < 4.78 is 11.3. The zero-order valence-electron chi connectivity index (χ0n) is 9.65. The lowest BCUT2D eigenvalue weighted by Crippen LogP contribution is -2.37. The average molecular weight is 203 g/mol. The molecule has 0 aliphatic rings. The zero-order chi connectivity index (χ0) is 11.2. The zero-order valence-corrected chi connectivity index (χ0v) is 9.65. The summed E-state index contributed by atoms with van der Waals surface area (Å²) in [4.78, 5) is 0. The summed E-state index contributed by atoms with van der Waals surface area (Å²) in [6, 6.07) is 0. The van der Waals surface area contributed by atoms with Crippen LogP contribution in [0.3, 0.4) is 0 Å². The number of rotatable bonds is 6. The highest BCUT2D eigenvalue weighted by Gasteiger charge is 2.27. The van der Waals surface area contributed by atoms with Crippen LogP contribution in [0.1, 0.15) is 41.0 Å². The topological polar surface area (TPSA) is 51.0 Å². The Morgan fingerprint density at radius 2 is 1.64 bits per heavy atom. The van der Waals surface area contributed by atoms with E-state index < -0.39 is 5.79 Å². The molecule has 0 aromatic rings. The van der Waals surface area contributed by atoms with Gasteiger partial charge in [0.1, 0.15) is 0 Å². The lowest BCUT2D eigenvalue weighted by Gasteiger charge is -2.32. The SMILES string of the molecule is CC(C)OC(C)(CC=NO)OC(C)C. The van der Waals surface area contributed by atoms with Crippen LogP contribution >= 0.6 is 0 Å². The molecule has 4 heteroatoms. The molecule has 84 valence electrons. The summed E-state index contributed by atoms with van der Waals surface area (Å²) >= 11 is 0. The Bertz CT molecular complexity index is 168. The van der Waals surface area contributed by atoms with E-state index in [9.17, 15) is 0 Å². The van der Waals surface area contributed by atoms with Crippen LogP contribution in [-0.2, 0) is 9.47 Å². The summed E-state index contributed by atoms with van der Waals surface area (Å²) in [5.74, 6) is -0.714. The number of ether oxygens (including phenoxy) is 2. The van der Waals surface area contributed by atoms with Crippen LogP contribution in [-0.4, -0.2) is 29.4 Å². The Balaban J connectivity index is 4.32. The average Bonchev–Trinajstić information content (AvgIpc) is 1.97. The molecular formula is C10H21NO3. The fourth-order valence-electron chi connectivity index (χ4n) is 1.33. The molecule has 14 heavy (non-hydrogen) atoms. The second-order valence-electron chi connectivity index (χ2n) is 3.97. The van der Waals surface area contributed by atoms with Gasteiger partial charge in [-0.15, -0.1) is 5.16 Å². The van der Waals surface area contributed by atoms with Crippen LogP contribution in [0.5, 0.6) is 0 Å². The minimum absolute atomic E-state index is 0.0749. The predicted octanol–water partition coefficient (Wildman–Crippen LogP) is 2.40. The smallest absolute Gasteiger partial charge is 0.171 e. The Hall–Kier alpha value is -0.610. The van der Waals surface area contributed by atoms with Crippen molar-refractivity contribution in [1.82, 2.24) is 0 Å². The van der Waals surface area contributed by atoms with Crippen LogP contribution in [0.25, 0.3) is 0 Å². The Labute approximate surface area is 85.9 Å². The van der Waals surface area contributed by atoms with E-state index in [0.29, 0.717) is 6.42 Å². The van der Waals surface area contributed by atoms with Gasteiger partial charge in [-0.3, -0.25) is 0 Å². The molecule has 0 aromatic carbocycles. The first-order chi connectivity index (χ1) is 6.39. The lowest BCUT2D eigenvalue weighted by molar-refractivity contribution is -0.252. The summed E-state index contributed by atoms with van der Waals surface area (Å²) in [7, 11) is 0. The van der Waals surface area contributed by atoms with Crippen LogP contribution in [0.2, 0.25) is 0 Å². The number of nitrogens with zero attached hydrogens (tertiary/aromatic N) is 1. The maximum Gasteiger partial charge on any atom is 0.171 e. The maximum atomic E-state index is 8.36. The van der Waals surface area contributed by atoms with E-state index in [1.54, 1.807) is 0 Å². The van der Waals surface area contributed by atoms with Crippen LogP contribution < -0.4 is 0 Å². The number of hydrogen-bond acceptors (Lipinski definition) is 4. The van der Waals surface area contributed by atoms with E-state index in [1.165, 1.54) is 6.21 Å². The van der Waals surface area contributed by atoms with E-state index in [4.69, 9.17) is 14.7 Å². The summed E-state index contributed by atoms with van der Waals surface area (Å²) in [6.45, 7) is 9.61. The molecule has 0 atom stereocenters. The Morgan fingerprint density at radius 3 is 1.93 bits per heavy atom. The number of hydrogen-bond donors (Lipinski definition) is 1. The second-order valence-corrected chi connectivity index (χ2v) is 3.97. The molecule has 0 heterocycles. The third kappa shape index (κ3) is 5.94. The first kappa shape index (κ1) is 13.4. The molecule has 0 unspecified atom stereocenters. The van der Waals surface area contributed by atoms with Crippen molar-refractivity contribution < 1.29 is 14.7 Å². The molecule has 0 rings (SSSR count). The molecule has 4 nitrogen and oxygen atoms in total. The van der Waals surface area contributed by atoms with E-state index >= 15 is 0 Å². The van der Waals surface area contributed by atoms with Crippen molar-refractivity contribution in [3.05, 3.63) is 0 Å². The van der Waals surface area contributed by atoms with Crippen molar-refractivity contribution in [3.63, 3.8) is 0 Å². The molecule has 0 aliphatic heterocycles. The molecule has 0 aromatic heterocycles. The van der Waals surface area contributed by atoms with Crippen molar-refractivity contribution in [2.24, 2.45) is 5.16 Å². The van der Waals surface area contributed by atoms with Crippen molar-refractivity contribution in [2.75, 3.05) is 0 Å². The van der Waals surface area contributed by atoms with Crippen LogP contribution in [0, 0.1) is 0 Å². The third-order valence-corrected chi connectivity index (χ3v) is 1.51. The van der Waals surface area contributed by atoms with Crippen molar-refractivity contribution >= 4 is 6.21 Å². The quantitative estimate of drug-likeness (QED) is 0.312. The van der Waals surface area contributed by atoms with Gasteiger partial charge in [-0.05, 0) is 34.6 Å². The molecule has 0 amide bonds. The molecule has 0 saturated heterocycles. The maximum absolute atomic E-state index is 8.36. The highest BCUT2D eigenvalue weighted by atomic mass is 16.7. The first-order valence-corrected chi connectivity index (χ1v) is 4.91. The van der Waals surface area contributed by atoms with Crippen LogP contribution in [0.15, 0.2) is 5.16 Å². The second kappa shape index (κ2) is 5.98. The molecule has 1 N–H and O–H groups in total. The van der Waals surface area contributed by atoms with E-state index in [2.05, 4.69) is 5.16 Å². The predicted molar refractivity (Wildman–Crippen MR) is 55.7 cm³/mol. The standard InChI is InChI=1S/C10H21NO3/c1-8(2)13-10(5,6-7-11-12)14-9(3)4/h7-9,12H,6H2,1-5H3. The van der Waals surface area contributed by atoms with Gasteiger partial charge >= 0.3 is 0 Å². The van der Waals surface area contributed by atoms with Gasteiger partial charge in [0.2, 0.25) is 0 Å². The molecule has 0 saturated carbocycles. The summed E-state index contributed by atoms with van der Waals surface area (Å²) in [6.07, 6.45) is 1.96. The minimum atomic E-state index is -0.714. The third-order valence-electron chi connectivity index (χ3n) is 1.51. The largest absolute Gasteiger partial charge is 0.411 e. The van der Waals surface area contributed by atoms with Gasteiger partial charge < -0.3 is 14.7 Å². The van der Waals surface area contributed by atoms with E-state index in [-0.39, 0.29) is 12.2 Å². The molecule has 0 aliphatic carbocycles. The molecular weight excluding hydrogens is 182 g/mol. The monoisotopic (exact) mass is 203 g/mol. The highest BCUT2D eigenvalue weighted by molar-refractivity contribution is 5.57. The molecule has 0 radical (unpaired) electrons. The summed E-state index contributed by atoms with van der Waals surface area (Å²) in [5, 5.41) is 11.3. The summed E-state index contributed by atoms with van der Waals surface area (Å²) in [5.41, 5.74) is 0. The minimum Gasteiger partial charge on any atom is -0.411 e. The van der Waals surface area contributed by atoms with Gasteiger partial charge in [0, 0.05) is 12.6 Å². The van der Waals surface area contributed by atoms with Crippen molar-refractivity contribution in [1.29, 1.82) is 0 Å². The van der Waals surface area contributed by atoms with E-state index in [0.717, 1.165) is 0 Å². The Morgan fingerprint density at radius 1 is 1.21 bits per heavy atom. The molecule has 0 bridgehead atoms. The van der Waals surface area contributed by atoms with Crippen molar-refractivity contribution in [2.45, 2.75) is 59.0 Å². The normalized spacial score (nSPS) is 13.4. The fraction of sp³-hybridized carbons (Fsp3) is 0.900. The van der Waals surface area contributed by atoms with Gasteiger partial charge in [0.05, 0.1) is 12.2 Å². The van der Waals surface area contributed by atoms with Crippen molar-refractivity contribution in [3.8, 4) is 0 Å². The lowest BCUT2D eigenvalue weighted by atomic mass is 10.2. The van der Waals surface area contributed by atoms with Gasteiger partial charge in [-0.1, -0.05) is 0 Å². The van der Waals surface area contributed by atoms with E-state index in [1.807, 2.05) is 34.6 Å². The fourth-order valence-corrected chi connectivity index (χ4v) is 1.33. The molecule has 0 spiro atoms. The van der Waals surface area contributed by atoms with Gasteiger partial charge in [0.15, 0.2) is 5.79 Å².